The molecule has 0 radical (unpaired) electrons. The maximum Gasteiger partial charge on any atom is 0.244 e. The summed E-state index contributed by atoms with van der Waals surface area (Å²) in [4.78, 5) is 27.2. The second-order valence-electron chi connectivity index (χ2n) is 9.37. The third-order valence-corrected chi connectivity index (χ3v) is 6.69. The number of amides is 2. The smallest absolute Gasteiger partial charge is 0.244 e. The first-order valence-electron chi connectivity index (χ1n) is 10.9. The molecule has 0 aliphatic heterocycles. The van der Waals surface area contributed by atoms with Gasteiger partial charge < -0.3 is 10.2 Å². The summed E-state index contributed by atoms with van der Waals surface area (Å²) in [5.74, 6) is -0.783. The molecule has 2 rings (SSSR count). The number of rotatable bonds is 8. The SMILES string of the molecule is CNC(=O)[C@H](C)N(Cc1cccc(C)c1)C(=O)CN(c1ccc(C(C)(C)C)cc1)S(C)(=O)=O. The lowest BCUT2D eigenvalue weighted by molar-refractivity contribution is -0.139. The molecule has 8 heteroatoms. The lowest BCUT2D eigenvalue weighted by Gasteiger charge is -2.31. The van der Waals surface area contributed by atoms with Gasteiger partial charge in [0.15, 0.2) is 0 Å². The molecule has 2 aromatic carbocycles. The quantitative estimate of drug-likeness (QED) is 0.638. The van der Waals surface area contributed by atoms with Crippen molar-refractivity contribution in [3.05, 3.63) is 65.2 Å². The Morgan fingerprint density at radius 3 is 2.15 bits per heavy atom. The summed E-state index contributed by atoms with van der Waals surface area (Å²) in [5, 5.41) is 2.57. The van der Waals surface area contributed by atoms with Crippen molar-refractivity contribution in [1.29, 1.82) is 0 Å². The average molecular weight is 474 g/mol. The van der Waals surface area contributed by atoms with Crippen molar-refractivity contribution < 1.29 is 18.0 Å². The Labute approximate surface area is 197 Å². The molecule has 0 fully saturated rings. The maximum absolute atomic E-state index is 13.4. The Bertz CT molecular complexity index is 1090. The lowest BCUT2D eigenvalue weighted by Crippen LogP contribution is -2.50. The van der Waals surface area contributed by atoms with E-state index in [0.717, 1.165) is 27.3 Å². The van der Waals surface area contributed by atoms with Crippen LogP contribution in [0.4, 0.5) is 5.69 Å². The number of nitrogens with zero attached hydrogens (tertiary/aromatic N) is 2. The molecule has 0 spiro atoms. The van der Waals surface area contributed by atoms with Crippen LogP contribution in [0.2, 0.25) is 0 Å². The second kappa shape index (κ2) is 10.4. The zero-order chi connectivity index (χ0) is 25.0. The first kappa shape index (κ1) is 26.4. The van der Waals surface area contributed by atoms with E-state index in [1.165, 1.54) is 11.9 Å². The van der Waals surface area contributed by atoms with E-state index in [0.29, 0.717) is 5.69 Å². The summed E-state index contributed by atoms with van der Waals surface area (Å²) in [6.07, 6.45) is 1.07. The van der Waals surface area contributed by atoms with Crippen molar-refractivity contribution in [1.82, 2.24) is 10.2 Å². The maximum atomic E-state index is 13.4. The molecule has 0 saturated carbocycles. The van der Waals surface area contributed by atoms with Gasteiger partial charge in [0, 0.05) is 13.6 Å². The van der Waals surface area contributed by atoms with Gasteiger partial charge in [-0.25, -0.2) is 8.42 Å². The summed E-state index contributed by atoms with van der Waals surface area (Å²) < 4.78 is 26.3. The molecule has 0 unspecified atom stereocenters. The van der Waals surface area contributed by atoms with Gasteiger partial charge in [-0.1, -0.05) is 62.7 Å². The summed E-state index contributed by atoms with van der Waals surface area (Å²) >= 11 is 0. The van der Waals surface area contributed by atoms with Crippen LogP contribution in [0.3, 0.4) is 0 Å². The van der Waals surface area contributed by atoms with E-state index < -0.39 is 28.5 Å². The molecule has 0 bridgehead atoms. The monoisotopic (exact) mass is 473 g/mol. The first-order valence-corrected chi connectivity index (χ1v) is 12.7. The Morgan fingerprint density at radius 2 is 1.67 bits per heavy atom. The number of hydrogen-bond donors (Lipinski definition) is 1. The van der Waals surface area contributed by atoms with E-state index in [1.54, 1.807) is 19.1 Å². The van der Waals surface area contributed by atoms with Crippen LogP contribution < -0.4 is 9.62 Å². The molecule has 2 amide bonds. The van der Waals surface area contributed by atoms with Crippen LogP contribution in [-0.2, 0) is 31.6 Å². The third-order valence-electron chi connectivity index (χ3n) is 5.55. The Balaban J connectivity index is 2.39. The van der Waals surface area contributed by atoms with E-state index in [9.17, 15) is 18.0 Å². The highest BCUT2D eigenvalue weighted by molar-refractivity contribution is 7.92. The van der Waals surface area contributed by atoms with Crippen LogP contribution in [0.15, 0.2) is 48.5 Å². The highest BCUT2D eigenvalue weighted by Crippen LogP contribution is 2.26. The molecular weight excluding hydrogens is 438 g/mol. The van der Waals surface area contributed by atoms with Crippen molar-refractivity contribution in [3.8, 4) is 0 Å². The van der Waals surface area contributed by atoms with Crippen molar-refractivity contribution in [2.24, 2.45) is 0 Å². The lowest BCUT2D eigenvalue weighted by atomic mass is 9.87. The van der Waals surface area contributed by atoms with E-state index in [1.807, 2.05) is 43.3 Å². The van der Waals surface area contributed by atoms with Gasteiger partial charge in [-0.05, 0) is 42.5 Å². The predicted octanol–water partition coefficient (Wildman–Crippen LogP) is 3.22. The minimum Gasteiger partial charge on any atom is -0.357 e. The molecule has 2 aromatic rings. The van der Waals surface area contributed by atoms with Gasteiger partial charge in [0.2, 0.25) is 21.8 Å². The highest BCUT2D eigenvalue weighted by Gasteiger charge is 2.29. The predicted molar refractivity (Wildman–Crippen MR) is 133 cm³/mol. The van der Waals surface area contributed by atoms with Crippen LogP contribution in [0.25, 0.3) is 0 Å². The van der Waals surface area contributed by atoms with Crippen LogP contribution in [0.5, 0.6) is 0 Å². The molecule has 0 saturated heterocycles. The normalized spacial score (nSPS) is 12.7. The van der Waals surface area contributed by atoms with Gasteiger partial charge in [-0.15, -0.1) is 0 Å². The molecule has 7 nitrogen and oxygen atoms in total. The fourth-order valence-electron chi connectivity index (χ4n) is 3.54. The number of anilines is 1. The fourth-order valence-corrected chi connectivity index (χ4v) is 4.39. The Hall–Kier alpha value is -2.87. The van der Waals surface area contributed by atoms with Gasteiger partial charge in [0.1, 0.15) is 12.6 Å². The van der Waals surface area contributed by atoms with Crippen LogP contribution in [0, 0.1) is 6.92 Å². The fraction of sp³-hybridized carbons (Fsp3) is 0.440. The summed E-state index contributed by atoms with van der Waals surface area (Å²) in [6.45, 7) is 9.59. The number of sulfonamides is 1. The minimum absolute atomic E-state index is 0.0855. The van der Waals surface area contributed by atoms with Crippen molar-refractivity contribution in [2.45, 2.75) is 52.6 Å². The number of benzene rings is 2. The molecule has 1 atom stereocenters. The van der Waals surface area contributed by atoms with E-state index >= 15 is 0 Å². The molecule has 33 heavy (non-hydrogen) atoms. The minimum atomic E-state index is -3.74. The van der Waals surface area contributed by atoms with Gasteiger partial charge in [0.25, 0.3) is 0 Å². The molecule has 1 N–H and O–H groups in total. The van der Waals surface area contributed by atoms with Crippen LogP contribution in [0.1, 0.15) is 44.4 Å². The summed E-state index contributed by atoms with van der Waals surface area (Å²) in [7, 11) is -2.23. The van der Waals surface area contributed by atoms with Crippen molar-refractivity contribution in [2.75, 3.05) is 24.2 Å². The van der Waals surface area contributed by atoms with Crippen LogP contribution >= 0.6 is 0 Å². The van der Waals surface area contributed by atoms with E-state index in [4.69, 9.17) is 0 Å². The van der Waals surface area contributed by atoms with Gasteiger partial charge in [-0.3, -0.25) is 13.9 Å². The molecular formula is C25H35N3O4S. The van der Waals surface area contributed by atoms with E-state index in [2.05, 4.69) is 26.1 Å². The standard InChI is InChI=1S/C25H35N3O4S/c1-18-9-8-10-20(15-18)16-27(19(2)24(30)26-6)23(29)17-28(33(7,31)32)22-13-11-21(12-14-22)25(3,4)5/h8-15,19H,16-17H2,1-7H3,(H,26,30)/t19-/m0/s1. The molecule has 0 heterocycles. The van der Waals surface area contributed by atoms with Gasteiger partial charge in [-0.2, -0.15) is 0 Å². The first-order chi connectivity index (χ1) is 15.2. The second-order valence-corrected chi connectivity index (χ2v) is 11.3. The van der Waals surface area contributed by atoms with E-state index in [-0.39, 0.29) is 17.9 Å². The molecule has 180 valence electrons. The molecule has 0 aliphatic rings. The van der Waals surface area contributed by atoms with Gasteiger partial charge >= 0.3 is 0 Å². The van der Waals surface area contributed by atoms with Crippen LogP contribution in [-0.4, -0.2) is 51.0 Å². The largest absolute Gasteiger partial charge is 0.357 e. The molecule has 0 aliphatic carbocycles. The average Bonchev–Trinajstić information content (AvgIpc) is 2.73. The van der Waals surface area contributed by atoms with Gasteiger partial charge in [0.05, 0.1) is 11.9 Å². The topological polar surface area (TPSA) is 86.8 Å². The zero-order valence-electron chi connectivity index (χ0n) is 20.5. The number of carbonyl (C=O) groups excluding carboxylic acids is 2. The number of likely N-dealkylation sites (N-methyl/N-ethyl adjacent to an activating group) is 1. The Morgan fingerprint density at radius 1 is 1.06 bits per heavy atom. The zero-order valence-corrected chi connectivity index (χ0v) is 21.4. The summed E-state index contributed by atoms with van der Waals surface area (Å²) in [6, 6.07) is 14.0. The number of nitrogens with one attached hydrogen (secondary N) is 1. The highest BCUT2D eigenvalue weighted by atomic mass is 32.2. The number of aryl methyl sites for hydroxylation is 1. The number of carbonyl (C=O) groups is 2. The molecule has 0 aromatic heterocycles. The van der Waals surface area contributed by atoms with Crippen molar-refractivity contribution >= 4 is 27.5 Å². The summed E-state index contributed by atoms with van der Waals surface area (Å²) in [5.41, 5.74) is 3.27. The third kappa shape index (κ3) is 7.05. The number of hydrogen-bond acceptors (Lipinski definition) is 4. The Kier molecular flexibility index (Phi) is 8.30. The van der Waals surface area contributed by atoms with Crippen molar-refractivity contribution in [3.63, 3.8) is 0 Å².